The first kappa shape index (κ1) is 13.0. The Hall–Kier alpha value is -2.05. The van der Waals surface area contributed by atoms with E-state index in [4.69, 9.17) is 25.6 Å². The minimum atomic E-state index is 0.435. The van der Waals surface area contributed by atoms with Gasteiger partial charge in [-0.15, -0.1) is 0 Å². The molecule has 0 saturated carbocycles. The summed E-state index contributed by atoms with van der Waals surface area (Å²) in [5.41, 5.74) is 1.48. The van der Waals surface area contributed by atoms with Gasteiger partial charge in [0.15, 0.2) is 5.76 Å². The van der Waals surface area contributed by atoms with E-state index in [1.165, 1.54) is 0 Å². The van der Waals surface area contributed by atoms with Crippen molar-refractivity contribution >= 4 is 22.5 Å². The lowest BCUT2D eigenvalue weighted by atomic mass is 10.2. The Balaban J connectivity index is 1.97. The largest absolute Gasteiger partial charge is 0.490 e. The highest BCUT2D eigenvalue weighted by atomic mass is 35.5. The molecule has 3 aromatic rings. The summed E-state index contributed by atoms with van der Waals surface area (Å²) < 4.78 is 15.6. The molecule has 7 heteroatoms. The number of hydrogen-bond acceptors (Lipinski definition) is 5. The number of halogens is 1. The zero-order valence-electron chi connectivity index (χ0n) is 10.7. The number of ether oxygens (including phenoxy) is 2. The van der Waals surface area contributed by atoms with Gasteiger partial charge in [-0.2, -0.15) is 5.10 Å². The number of H-pyrrole nitrogens is 1. The summed E-state index contributed by atoms with van der Waals surface area (Å²) in [6.45, 7) is 0.936. The summed E-state index contributed by atoms with van der Waals surface area (Å²) in [5, 5.41) is 12.2. The van der Waals surface area contributed by atoms with Crippen LogP contribution in [0.1, 0.15) is 0 Å². The van der Waals surface area contributed by atoms with Crippen LogP contribution in [0.4, 0.5) is 0 Å². The van der Waals surface area contributed by atoms with E-state index in [0.29, 0.717) is 35.4 Å². The van der Waals surface area contributed by atoms with Crippen LogP contribution < -0.4 is 4.74 Å². The van der Waals surface area contributed by atoms with E-state index in [9.17, 15) is 0 Å². The third kappa shape index (κ3) is 2.35. The quantitative estimate of drug-likeness (QED) is 0.732. The first-order valence-corrected chi connectivity index (χ1v) is 6.38. The van der Waals surface area contributed by atoms with Crippen molar-refractivity contribution in [3.05, 3.63) is 29.4 Å². The fourth-order valence-electron chi connectivity index (χ4n) is 1.89. The highest BCUT2D eigenvalue weighted by Gasteiger charge is 2.14. The van der Waals surface area contributed by atoms with Crippen molar-refractivity contribution in [3.63, 3.8) is 0 Å². The fraction of sp³-hybridized carbons (Fsp3) is 0.231. The van der Waals surface area contributed by atoms with Crippen LogP contribution in [-0.2, 0) is 4.74 Å². The van der Waals surface area contributed by atoms with Gasteiger partial charge in [-0.3, -0.25) is 5.10 Å². The van der Waals surface area contributed by atoms with E-state index in [2.05, 4.69) is 15.4 Å². The number of nitrogens with one attached hydrogen (secondary N) is 1. The molecule has 104 valence electrons. The van der Waals surface area contributed by atoms with E-state index < -0.39 is 0 Å². The van der Waals surface area contributed by atoms with Crippen molar-refractivity contribution in [1.29, 1.82) is 0 Å². The second-order valence-corrected chi connectivity index (χ2v) is 4.53. The molecule has 0 amide bonds. The number of fused-ring (bicyclic) bond motifs is 1. The van der Waals surface area contributed by atoms with Gasteiger partial charge in [-0.1, -0.05) is 16.8 Å². The van der Waals surface area contributed by atoms with Crippen molar-refractivity contribution in [2.45, 2.75) is 0 Å². The molecule has 0 spiro atoms. The summed E-state index contributed by atoms with van der Waals surface area (Å²) in [7, 11) is 1.62. The Morgan fingerprint density at radius 1 is 1.35 bits per heavy atom. The molecule has 3 rings (SSSR count). The van der Waals surface area contributed by atoms with Crippen LogP contribution >= 0.6 is 11.6 Å². The minimum Gasteiger partial charge on any atom is -0.490 e. The molecule has 6 nitrogen and oxygen atoms in total. The molecule has 1 aromatic carbocycles. The zero-order chi connectivity index (χ0) is 13.9. The predicted octanol–water partition coefficient (Wildman–Crippen LogP) is 2.90. The van der Waals surface area contributed by atoms with E-state index >= 15 is 0 Å². The highest BCUT2D eigenvalue weighted by Crippen LogP contribution is 2.34. The number of hydrogen-bond donors (Lipinski definition) is 1. The summed E-state index contributed by atoms with van der Waals surface area (Å²) in [6.07, 6.45) is 1.57. The Bertz CT molecular complexity index is 709. The first-order valence-electron chi connectivity index (χ1n) is 6.00. The number of aromatic nitrogens is 3. The first-order chi connectivity index (χ1) is 9.79. The molecule has 0 fully saturated rings. The van der Waals surface area contributed by atoms with Crippen LogP contribution in [0.2, 0.25) is 5.02 Å². The smallest absolute Gasteiger partial charge is 0.187 e. The summed E-state index contributed by atoms with van der Waals surface area (Å²) in [5.74, 6) is 1.17. The van der Waals surface area contributed by atoms with E-state index in [1.54, 1.807) is 31.5 Å². The van der Waals surface area contributed by atoms with Crippen molar-refractivity contribution in [3.8, 4) is 17.2 Å². The van der Waals surface area contributed by atoms with Crippen LogP contribution in [0.25, 0.3) is 22.4 Å². The average molecular weight is 294 g/mol. The Kier molecular flexibility index (Phi) is 3.58. The highest BCUT2D eigenvalue weighted by molar-refractivity contribution is 6.33. The molecule has 0 atom stereocenters. The van der Waals surface area contributed by atoms with Gasteiger partial charge in [0, 0.05) is 24.6 Å². The van der Waals surface area contributed by atoms with Gasteiger partial charge in [0.2, 0.25) is 0 Å². The van der Waals surface area contributed by atoms with E-state index in [1.807, 2.05) is 0 Å². The van der Waals surface area contributed by atoms with Gasteiger partial charge >= 0.3 is 0 Å². The lowest BCUT2D eigenvalue weighted by Crippen LogP contribution is -2.04. The van der Waals surface area contributed by atoms with Crippen LogP contribution in [0, 0.1) is 0 Å². The molecular formula is C13H12ClN3O3. The van der Waals surface area contributed by atoms with Crippen molar-refractivity contribution in [2.75, 3.05) is 20.3 Å². The molecule has 2 heterocycles. The van der Waals surface area contributed by atoms with E-state index in [-0.39, 0.29) is 0 Å². The van der Waals surface area contributed by atoms with Gasteiger partial charge in [-0.05, 0) is 6.07 Å². The number of benzene rings is 1. The molecule has 0 aliphatic carbocycles. The number of methoxy groups -OCH3 is 1. The second kappa shape index (κ2) is 5.52. The van der Waals surface area contributed by atoms with Crippen LogP contribution in [0.15, 0.2) is 28.9 Å². The van der Waals surface area contributed by atoms with Crippen LogP contribution in [-0.4, -0.2) is 35.7 Å². The molecule has 0 radical (unpaired) electrons. The van der Waals surface area contributed by atoms with Gasteiger partial charge in [0.1, 0.15) is 18.1 Å². The Morgan fingerprint density at radius 3 is 3.00 bits per heavy atom. The van der Waals surface area contributed by atoms with E-state index in [0.717, 1.165) is 10.9 Å². The lowest BCUT2D eigenvalue weighted by Gasteiger charge is -2.07. The Morgan fingerprint density at radius 2 is 2.25 bits per heavy atom. The topological polar surface area (TPSA) is 73.2 Å². The minimum absolute atomic E-state index is 0.435. The average Bonchev–Trinajstić information content (AvgIpc) is 3.07. The summed E-state index contributed by atoms with van der Waals surface area (Å²) >= 11 is 6.22. The molecule has 0 unspecified atom stereocenters. The van der Waals surface area contributed by atoms with Crippen LogP contribution in [0.3, 0.4) is 0 Å². The second-order valence-electron chi connectivity index (χ2n) is 4.12. The maximum absolute atomic E-state index is 6.22. The molecule has 2 aromatic heterocycles. The molecule has 20 heavy (non-hydrogen) atoms. The molecule has 1 N–H and O–H groups in total. The summed E-state index contributed by atoms with van der Waals surface area (Å²) in [4.78, 5) is 0. The fourth-order valence-corrected chi connectivity index (χ4v) is 2.11. The third-order valence-electron chi connectivity index (χ3n) is 2.83. The van der Waals surface area contributed by atoms with Crippen molar-refractivity contribution < 1.29 is 14.0 Å². The number of rotatable bonds is 5. The summed E-state index contributed by atoms with van der Waals surface area (Å²) in [6, 6.07) is 5.34. The van der Waals surface area contributed by atoms with Gasteiger partial charge in [-0.25, -0.2) is 0 Å². The zero-order valence-corrected chi connectivity index (χ0v) is 11.5. The SMILES string of the molecule is COCCOc1cc2[nH]nc(-c3ccno3)c2cc1Cl. The number of nitrogens with zero attached hydrogens (tertiary/aromatic N) is 2. The third-order valence-corrected chi connectivity index (χ3v) is 3.13. The molecule has 0 aliphatic rings. The maximum Gasteiger partial charge on any atom is 0.187 e. The maximum atomic E-state index is 6.22. The Labute approximate surface area is 119 Å². The monoisotopic (exact) mass is 293 g/mol. The molecule has 0 aliphatic heterocycles. The lowest BCUT2D eigenvalue weighted by molar-refractivity contribution is 0.146. The standard InChI is InChI=1S/C13H12ClN3O3/c1-18-4-5-19-12-7-10-8(6-9(12)14)13(17-16-10)11-2-3-15-20-11/h2-3,6-7H,4-5H2,1H3,(H,16,17). The normalized spacial score (nSPS) is 11.1. The molecule has 0 saturated heterocycles. The van der Waals surface area contributed by atoms with Gasteiger partial charge < -0.3 is 14.0 Å². The van der Waals surface area contributed by atoms with Crippen molar-refractivity contribution in [2.24, 2.45) is 0 Å². The predicted molar refractivity (Wildman–Crippen MR) is 74.0 cm³/mol. The van der Waals surface area contributed by atoms with Crippen LogP contribution in [0.5, 0.6) is 5.75 Å². The molecular weight excluding hydrogens is 282 g/mol. The number of aromatic amines is 1. The van der Waals surface area contributed by atoms with Gasteiger partial charge in [0.25, 0.3) is 0 Å². The van der Waals surface area contributed by atoms with Crippen molar-refractivity contribution in [1.82, 2.24) is 15.4 Å². The molecule has 0 bridgehead atoms. The van der Waals surface area contributed by atoms with Gasteiger partial charge in [0.05, 0.1) is 23.3 Å².